The van der Waals surface area contributed by atoms with Gasteiger partial charge in [-0.1, -0.05) is 17.7 Å². The number of halogens is 3. The molecule has 11 heteroatoms. The lowest BCUT2D eigenvalue weighted by molar-refractivity contribution is -0.170. The van der Waals surface area contributed by atoms with E-state index < -0.39 is 23.7 Å². The molecule has 4 heterocycles. The Morgan fingerprint density at radius 2 is 1.97 bits per heavy atom. The number of pyridine rings is 1. The third-order valence-electron chi connectivity index (χ3n) is 5.96. The summed E-state index contributed by atoms with van der Waals surface area (Å²) < 4.78 is 47.8. The van der Waals surface area contributed by atoms with Gasteiger partial charge in [0.25, 0.3) is 12.5 Å². The second-order valence-corrected chi connectivity index (χ2v) is 8.57. The zero-order valence-corrected chi connectivity index (χ0v) is 18.2. The Labute approximate surface area is 193 Å². The highest BCUT2D eigenvalue weighted by Crippen LogP contribution is 2.56. The zero-order chi connectivity index (χ0) is 23.7. The maximum Gasteiger partial charge on any atom is 0.310 e. The summed E-state index contributed by atoms with van der Waals surface area (Å²) in [6.07, 6.45) is 4.40. The van der Waals surface area contributed by atoms with E-state index in [1.54, 1.807) is 30.5 Å². The molecule has 1 aromatic heterocycles. The van der Waals surface area contributed by atoms with Crippen molar-refractivity contribution in [3.8, 4) is 16.9 Å². The van der Waals surface area contributed by atoms with E-state index in [9.17, 15) is 0 Å². The van der Waals surface area contributed by atoms with Gasteiger partial charge in [0.05, 0.1) is 11.6 Å². The van der Waals surface area contributed by atoms with Crippen molar-refractivity contribution in [2.24, 2.45) is 10.7 Å². The number of hydrogen-bond donors (Lipinski definition) is 2. The summed E-state index contributed by atoms with van der Waals surface area (Å²) in [5, 5.41) is 7.34. The molecule has 0 amide bonds. The number of hydrogen-bond acceptors (Lipinski definition) is 7. The van der Waals surface area contributed by atoms with E-state index in [2.05, 4.69) is 9.98 Å². The number of carbonyl (C=O) groups is 1. The summed E-state index contributed by atoms with van der Waals surface area (Å²) in [5.74, 6) is -2.94. The summed E-state index contributed by atoms with van der Waals surface area (Å²) in [6, 6.07) is 6.63. The van der Waals surface area contributed by atoms with Crippen LogP contribution in [0.15, 0.2) is 41.7 Å². The van der Waals surface area contributed by atoms with Crippen LogP contribution < -0.4 is 10.5 Å². The molecule has 8 nitrogen and oxygen atoms in total. The van der Waals surface area contributed by atoms with Gasteiger partial charge in [-0.15, -0.1) is 0 Å². The van der Waals surface area contributed by atoms with E-state index in [1.165, 1.54) is 6.20 Å². The van der Waals surface area contributed by atoms with Gasteiger partial charge in [0, 0.05) is 36.5 Å². The maximum absolute atomic E-state index is 15.5. The molecule has 3 aliphatic heterocycles. The van der Waals surface area contributed by atoms with Gasteiger partial charge in [0.2, 0.25) is 0 Å². The first-order valence-electron chi connectivity index (χ1n) is 10.2. The highest BCUT2D eigenvalue weighted by atomic mass is 35.5. The van der Waals surface area contributed by atoms with Crippen LogP contribution in [0.5, 0.6) is 5.75 Å². The Morgan fingerprint density at radius 3 is 2.67 bits per heavy atom. The van der Waals surface area contributed by atoms with Crippen LogP contribution in [0.1, 0.15) is 24.8 Å². The molecule has 5 rings (SSSR count). The highest BCUT2D eigenvalue weighted by Gasteiger charge is 2.65. The van der Waals surface area contributed by atoms with Crippen molar-refractivity contribution in [3.63, 3.8) is 0 Å². The van der Waals surface area contributed by atoms with Gasteiger partial charge < -0.3 is 25.1 Å². The molecule has 2 aromatic rings. The quantitative estimate of drug-likeness (QED) is 0.597. The fourth-order valence-electron chi connectivity index (χ4n) is 4.58. The minimum Gasteiger partial charge on any atom is -0.484 e. The van der Waals surface area contributed by atoms with Crippen molar-refractivity contribution < 1.29 is 32.9 Å². The number of carboxylic acid groups (broad SMARTS) is 1. The Balaban J connectivity index is 0.000000821. The predicted molar refractivity (Wildman–Crippen MR) is 116 cm³/mol. The van der Waals surface area contributed by atoms with Crippen molar-refractivity contribution in [2.75, 3.05) is 19.8 Å². The normalized spacial score (nSPS) is 27.3. The molecule has 3 aliphatic rings. The maximum atomic E-state index is 15.5. The number of benzene rings is 1. The van der Waals surface area contributed by atoms with E-state index in [4.69, 9.17) is 41.4 Å². The molecule has 0 bridgehead atoms. The Hall–Kier alpha value is -2.98. The van der Waals surface area contributed by atoms with Crippen LogP contribution in [0.2, 0.25) is 5.02 Å². The Morgan fingerprint density at radius 1 is 1.18 bits per heavy atom. The number of aromatic nitrogens is 1. The van der Waals surface area contributed by atoms with Crippen LogP contribution in [0.3, 0.4) is 0 Å². The summed E-state index contributed by atoms with van der Waals surface area (Å²) >= 11 is 6.07. The van der Waals surface area contributed by atoms with E-state index in [0.717, 1.165) is 6.42 Å². The lowest BCUT2D eigenvalue weighted by Gasteiger charge is -2.51. The van der Waals surface area contributed by atoms with Crippen LogP contribution >= 0.6 is 11.6 Å². The standard InChI is InChI=1S/C21H20ClF2N3O3.CH2O2/c22-15-6-14(8-26-9-15)13-2-3-17-16(7-13)20(21(23,24)12-29-18(25)27-20)10-19(30-17)4-1-5-28-11-19;2-1-3/h2-3,6-9H,1,4-5,10-12H2,(H2,25,27);1H,(H,2,3)/t19-,20-;/m1./s1. The molecule has 33 heavy (non-hydrogen) atoms. The summed E-state index contributed by atoms with van der Waals surface area (Å²) in [4.78, 5) is 16.7. The number of aliphatic imine (C=N–C) groups is 1. The van der Waals surface area contributed by atoms with Crippen molar-refractivity contribution in [1.29, 1.82) is 0 Å². The number of ether oxygens (including phenoxy) is 3. The van der Waals surface area contributed by atoms with Crippen LogP contribution in [0.25, 0.3) is 11.1 Å². The van der Waals surface area contributed by atoms with Crippen molar-refractivity contribution >= 4 is 24.1 Å². The fourth-order valence-corrected chi connectivity index (χ4v) is 4.76. The first-order chi connectivity index (χ1) is 15.7. The van der Waals surface area contributed by atoms with Crippen LogP contribution in [0, 0.1) is 0 Å². The van der Waals surface area contributed by atoms with Gasteiger partial charge in [-0.3, -0.25) is 9.78 Å². The molecular weight excluding hydrogens is 460 g/mol. The van der Waals surface area contributed by atoms with E-state index in [-0.39, 0.29) is 31.1 Å². The monoisotopic (exact) mass is 481 g/mol. The number of amidine groups is 1. The van der Waals surface area contributed by atoms with Gasteiger partial charge in [0.1, 0.15) is 11.4 Å². The van der Waals surface area contributed by atoms with Gasteiger partial charge in [-0.05, 0) is 36.6 Å². The summed E-state index contributed by atoms with van der Waals surface area (Å²) in [6.45, 7) is -0.293. The Kier molecular flexibility index (Phi) is 6.15. The minimum atomic E-state index is -3.29. The average Bonchev–Trinajstić information content (AvgIpc) is 2.78. The van der Waals surface area contributed by atoms with E-state index in [0.29, 0.717) is 34.9 Å². The summed E-state index contributed by atoms with van der Waals surface area (Å²) in [7, 11) is 0. The first-order valence-corrected chi connectivity index (χ1v) is 10.6. The average molecular weight is 482 g/mol. The number of nitrogens with zero attached hydrogens (tertiary/aromatic N) is 2. The Bertz CT molecular complexity index is 1080. The number of fused-ring (bicyclic) bond motifs is 2. The van der Waals surface area contributed by atoms with Crippen LogP contribution in [0.4, 0.5) is 8.78 Å². The number of rotatable bonds is 1. The van der Waals surface area contributed by atoms with Gasteiger partial charge in [-0.25, -0.2) is 4.99 Å². The molecule has 1 aromatic carbocycles. The molecule has 0 unspecified atom stereocenters. The molecule has 176 valence electrons. The third-order valence-corrected chi connectivity index (χ3v) is 6.17. The third kappa shape index (κ3) is 4.20. The fraction of sp³-hybridized carbons (Fsp3) is 0.409. The molecule has 2 atom stereocenters. The molecule has 1 fully saturated rings. The molecule has 3 N–H and O–H groups in total. The van der Waals surface area contributed by atoms with E-state index >= 15 is 8.78 Å². The largest absolute Gasteiger partial charge is 0.484 e. The highest BCUT2D eigenvalue weighted by molar-refractivity contribution is 6.30. The smallest absolute Gasteiger partial charge is 0.310 e. The molecule has 0 aliphatic carbocycles. The second kappa shape index (κ2) is 8.75. The van der Waals surface area contributed by atoms with Crippen molar-refractivity contribution in [1.82, 2.24) is 4.98 Å². The van der Waals surface area contributed by atoms with E-state index in [1.807, 2.05) is 0 Å². The van der Waals surface area contributed by atoms with Gasteiger partial charge in [0.15, 0.2) is 12.1 Å². The molecule has 1 saturated heterocycles. The molecular formula is C22H22ClF2N3O5. The van der Waals surface area contributed by atoms with Crippen LogP contribution in [-0.2, 0) is 19.8 Å². The van der Waals surface area contributed by atoms with Gasteiger partial charge >= 0.3 is 5.92 Å². The molecule has 2 spiro atoms. The first kappa shape index (κ1) is 23.2. The van der Waals surface area contributed by atoms with Gasteiger partial charge in [-0.2, -0.15) is 8.78 Å². The van der Waals surface area contributed by atoms with Crippen LogP contribution in [-0.4, -0.2) is 53.9 Å². The van der Waals surface area contributed by atoms with Crippen molar-refractivity contribution in [3.05, 3.63) is 47.2 Å². The minimum absolute atomic E-state index is 0.0543. The number of alkyl halides is 2. The lowest BCUT2D eigenvalue weighted by Crippen LogP contribution is -2.61. The number of nitrogens with two attached hydrogens (primary N) is 1. The molecule has 0 radical (unpaired) electrons. The second-order valence-electron chi connectivity index (χ2n) is 8.13. The SMILES string of the molecule is NC1=N[C@@]2(C[C@@]3(CCCOC3)Oc3ccc(-c4cncc(Cl)c4)cc32)C(F)(F)CO1.O=CO. The lowest BCUT2D eigenvalue weighted by atomic mass is 9.70. The topological polar surface area (TPSA) is 116 Å². The molecule has 0 saturated carbocycles. The predicted octanol–water partition coefficient (Wildman–Crippen LogP) is 3.61. The van der Waals surface area contributed by atoms with Crippen molar-refractivity contribution in [2.45, 2.75) is 36.3 Å². The summed E-state index contributed by atoms with van der Waals surface area (Å²) in [5.41, 5.74) is 4.65. The zero-order valence-electron chi connectivity index (χ0n) is 17.5.